The first-order chi connectivity index (χ1) is 3.18. The molecule has 0 heterocycles. The summed E-state index contributed by atoms with van der Waals surface area (Å²) in [4.78, 5) is 0. The molecule has 0 aromatic heterocycles. The molecule has 0 aromatic carbocycles. The Labute approximate surface area is 41.8 Å². The molecule has 0 fully saturated rings. The lowest BCUT2D eigenvalue weighted by Gasteiger charge is -2.04. The van der Waals surface area contributed by atoms with E-state index in [0.29, 0.717) is 0 Å². The summed E-state index contributed by atoms with van der Waals surface area (Å²) < 4.78 is 40.8. The summed E-state index contributed by atoms with van der Waals surface area (Å²) >= 11 is -2.90. The molecule has 0 aromatic rings. The van der Waals surface area contributed by atoms with Crippen LogP contribution in [0.25, 0.3) is 0 Å². The summed E-state index contributed by atoms with van der Waals surface area (Å²) in [6.07, 6.45) is 0. The summed E-state index contributed by atoms with van der Waals surface area (Å²) in [6, 6.07) is 0. The van der Waals surface area contributed by atoms with Crippen LogP contribution in [0.4, 0.5) is 8.78 Å². The van der Waals surface area contributed by atoms with Gasteiger partial charge in [-0.25, -0.2) is 8.78 Å². The van der Waals surface area contributed by atoms with Gasteiger partial charge in [-0.05, 0) is 11.1 Å². The molecule has 0 N–H and O–H groups in total. The fraction of sp³-hybridized carbons (Fsp3) is 1.00. The van der Waals surface area contributed by atoms with E-state index in [9.17, 15) is 17.5 Å². The van der Waals surface area contributed by atoms with Crippen molar-refractivity contribution in [1.29, 1.82) is 0 Å². The van der Waals surface area contributed by atoms with Gasteiger partial charge >= 0.3 is 0 Å². The van der Waals surface area contributed by atoms with E-state index in [-0.39, 0.29) is 0 Å². The van der Waals surface area contributed by atoms with E-state index in [1.54, 1.807) is 0 Å². The molecule has 0 radical (unpaired) electrons. The summed E-state index contributed by atoms with van der Waals surface area (Å²) in [5.74, 6) is 0. The maximum atomic E-state index is 11.3. The van der Waals surface area contributed by atoms with Crippen LogP contribution in [0.3, 0.4) is 0 Å². The molecule has 7 heavy (non-hydrogen) atoms. The van der Waals surface area contributed by atoms with Crippen molar-refractivity contribution in [1.82, 2.24) is 0 Å². The first kappa shape index (κ1) is 6.97. The molecule has 2 nitrogen and oxygen atoms in total. The molecule has 2 unspecified atom stereocenters. The molecule has 0 rings (SSSR count). The third-order valence-corrected chi connectivity index (χ3v) is 0.874. The van der Waals surface area contributed by atoms with Crippen LogP contribution in [0.5, 0.6) is 0 Å². The average Bonchev–Trinajstić information content (AvgIpc) is 1.65. The Hall–Kier alpha value is -0.0300. The molecule has 2 atom stereocenters. The average molecular weight is 129 g/mol. The van der Waals surface area contributed by atoms with Crippen LogP contribution in [0.15, 0.2) is 0 Å². The Kier molecular flexibility index (Phi) is 3.02. The van der Waals surface area contributed by atoms with Crippen molar-refractivity contribution < 1.29 is 17.5 Å². The highest BCUT2D eigenvalue weighted by molar-refractivity contribution is 7.79. The van der Waals surface area contributed by atoms with Crippen molar-refractivity contribution in [3.63, 3.8) is 0 Å². The molecule has 5 heteroatoms. The molecule has 44 valence electrons. The van der Waals surface area contributed by atoms with Crippen molar-refractivity contribution >= 4 is 11.1 Å². The quantitative estimate of drug-likeness (QED) is 0.497. The minimum atomic E-state index is -2.90. The molecular weight excluding hydrogens is 126 g/mol. The van der Waals surface area contributed by atoms with E-state index in [2.05, 4.69) is 0 Å². The Balaban J connectivity index is 3.34. The monoisotopic (exact) mass is 129 g/mol. The molecular formula is C2H3F2O2S-. The van der Waals surface area contributed by atoms with Gasteiger partial charge in [0.05, 0.1) is 0 Å². The maximum Gasteiger partial charge on any atom is 0.189 e. The summed E-state index contributed by atoms with van der Waals surface area (Å²) in [5.41, 5.74) is -2.35. The second-order valence-electron chi connectivity index (χ2n) is 0.825. The molecule has 0 aliphatic carbocycles. The number of halogens is 2. The lowest BCUT2D eigenvalue weighted by molar-refractivity contribution is 0.324. The van der Waals surface area contributed by atoms with Gasteiger partial charge in [0.15, 0.2) is 5.50 Å². The smallest absolute Gasteiger partial charge is 0.189 e. The fourth-order valence-corrected chi connectivity index (χ4v) is 0.154. The summed E-state index contributed by atoms with van der Waals surface area (Å²) in [6.45, 7) is -1.46. The Morgan fingerprint density at radius 2 is 2.29 bits per heavy atom. The minimum Gasteiger partial charge on any atom is -0.770 e. The number of hydrogen-bond acceptors (Lipinski definition) is 2. The number of hydrogen-bond donors (Lipinski definition) is 0. The van der Waals surface area contributed by atoms with Gasteiger partial charge in [0, 0.05) is 0 Å². The minimum absolute atomic E-state index is 1.46. The molecule has 0 bridgehead atoms. The third kappa shape index (κ3) is 2.64. The van der Waals surface area contributed by atoms with Crippen molar-refractivity contribution in [2.24, 2.45) is 0 Å². The van der Waals surface area contributed by atoms with Crippen LogP contribution in [-0.4, -0.2) is 20.9 Å². The zero-order chi connectivity index (χ0) is 5.86. The van der Waals surface area contributed by atoms with Crippen LogP contribution in [-0.2, 0) is 11.1 Å². The predicted octanol–water partition coefficient (Wildman–Crippen LogP) is 0.131. The van der Waals surface area contributed by atoms with Gasteiger partial charge in [-0.1, -0.05) is 0 Å². The SMILES string of the molecule is O=S([O-])C(F)CF. The van der Waals surface area contributed by atoms with Gasteiger partial charge in [-0.15, -0.1) is 0 Å². The first-order valence-electron chi connectivity index (χ1n) is 1.46. The van der Waals surface area contributed by atoms with Crippen LogP contribution >= 0.6 is 0 Å². The van der Waals surface area contributed by atoms with Crippen molar-refractivity contribution in [2.45, 2.75) is 5.50 Å². The van der Waals surface area contributed by atoms with E-state index in [0.717, 1.165) is 0 Å². The molecule has 0 saturated carbocycles. The van der Waals surface area contributed by atoms with Crippen molar-refractivity contribution in [2.75, 3.05) is 6.67 Å². The van der Waals surface area contributed by atoms with Crippen molar-refractivity contribution in [3.05, 3.63) is 0 Å². The van der Waals surface area contributed by atoms with E-state index < -0.39 is 23.3 Å². The van der Waals surface area contributed by atoms with Gasteiger partial charge in [0.2, 0.25) is 0 Å². The van der Waals surface area contributed by atoms with E-state index in [1.807, 2.05) is 0 Å². The van der Waals surface area contributed by atoms with Gasteiger partial charge in [-0.2, -0.15) is 0 Å². The van der Waals surface area contributed by atoms with Crippen LogP contribution < -0.4 is 0 Å². The third-order valence-electron chi connectivity index (χ3n) is 0.330. The normalized spacial score (nSPS) is 18.7. The van der Waals surface area contributed by atoms with Gasteiger partial charge in [0.25, 0.3) is 0 Å². The first-order valence-corrected chi connectivity index (χ1v) is 2.60. The topological polar surface area (TPSA) is 40.1 Å². The lowest BCUT2D eigenvalue weighted by Crippen LogP contribution is -2.09. The molecule has 0 spiro atoms. The number of rotatable bonds is 2. The van der Waals surface area contributed by atoms with Crippen LogP contribution in [0, 0.1) is 0 Å². The molecule has 0 aliphatic rings. The van der Waals surface area contributed by atoms with Crippen LogP contribution in [0.1, 0.15) is 0 Å². The fourth-order valence-electron chi connectivity index (χ4n) is 0.0514. The highest BCUT2D eigenvalue weighted by Gasteiger charge is 2.02. The Morgan fingerprint density at radius 3 is 2.29 bits per heavy atom. The zero-order valence-electron chi connectivity index (χ0n) is 3.27. The number of alkyl halides is 2. The van der Waals surface area contributed by atoms with Gasteiger partial charge in [-0.3, -0.25) is 4.21 Å². The molecule has 0 aliphatic heterocycles. The molecule has 0 amide bonds. The standard InChI is InChI=1S/C2H4F2O2S/c3-1-2(4)7(5)6/h2H,1H2,(H,5,6)/p-1. The second-order valence-corrected chi connectivity index (χ2v) is 1.86. The van der Waals surface area contributed by atoms with E-state index in [1.165, 1.54) is 0 Å². The molecule has 0 saturated heterocycles. The van der Waals surface area contributed by atoms with E-state index in [4.69, 9.17) is 0 Å². The van der Waals surface area contributed by atoms with Crippen molar-refractivity contribution in [3.8, 4) is 0 Å². The maximum absolute atomic E-state index is 11.3. The summed E-state index contributed by atoms with van der Waals surface area (Å²) in [5, 5.41) is 0. The highest BCUT2D eigenvalue weighted by atomic mass is 32.2. The Bertz CT molecular complexity index is 76.1. The largest absolute Gasteiger partial charge is 0.770 e. The van der Waals surface area contributed by atoms with Gasteiger partial charge in [0.1, 0.15) is 6.67 Å². The highest BCUT2D eigenvalue weighted by Crippen LogP contribution is 1.93. The second kappa shape index (κ2) is 3.04. The summed E-state index contributed by atoms with van der Waals surface area (Å²) in [7, 11) is 0. The predicted molar refractivity (Wildman–Crippen MR) is 19.8 cm³/mol. The lowest BCUT2D eigenvalue weighted by atomic mass is 10.9. The van der Waals surface area contributed by atoms with Gasteiger partial charge < -0.3 is 4.55 Å². The zero-order valence-corrected chi connectivity index (χ0v) is 4.08. The van der Waals surface area contributed by atoms with E-state index >= 15 is 0 Å². The van der Waals surface area contributed by atoms with Crippen LogP contribution in [0.2, 0.25) is 0 Å². The Morgan fingerprint density at radius 1 is 1.86 bits per heavy atom.